The number of benzene rings is 1. The number of halogens is 5. The third-order valence-corrected chi connectivity index (χ3v) is 3.38. The van der Waals surface area contributed by atoms with Gasteiger partial charge in [-0.15, -0.1) is 0 Å². The standard InChI is InChI=1S/C13H11F5N2O2/c1-12(7-2-4-8(14)5-3-7)10(21)20(11(22)19-12)6-13(17,18)9(15)16/h2-5,9H,6H2,1H3,(H,19,22)/t12-/m0/s1. The van der Waals surface area contributed by atoms with Gasteiger partial charge in [-0.05, 0) is 24.6 Å². The summed E-state index contributed by atoms with van der Waals surface area (Å²) >= 11 is 0. The largest absolute Gasteiger partial charge is 0.325 e. The van der Waals surface area contributed by atoms with Gasteiger partial charge in [-0.2, -0.15) is 8.78 Å². The van der Waals surface area contributed by atoms with Gasteiger partial charge in [-0.1, -0.05) is 12.1 Å². The molecule has 0 aliphatic carbocycles. The van der Waals surface area contributed by atoms with E-state index in [1.54, 1.807) is 0 Å². The molecule has 0 spiro atoms. The van der Waals surface area contributed by atoms with Crippen LogP contribution in [0.25, 0.3) is 0 Å². The fourth-order valence-corrected chi connectivity index (χ4v) is 2.10. The summed E-state index contributed by atoms with van der Waals surface area (Å²) in [5.74, 6) is -6.21. The average molecular weight is 322 g/mol. The van der Waals surface area contributed by atoms with E-state index in [0.717, 1.165) is 12.1 Å². The zero-order chi connectivity index (χ0) is 16.7. The van der Waals surface area contributed by atoms with Crippen LogP contribution in [0.2, 0.25) is 0 Å². The van der Waals surface area contributed by atoms with Gasteiger partial charge in [0.05, 0.1) is 0 Å². The van der Waals surface area contributed by atoms with Crippen LogP contribution >= 0.6 is 0 Å². The van der Waals surface area contributed by atoms with Crippen LogP contribution < -0.4 is 5.32 Å². The van der Waals surface area contributed by atoms with Crippen molar-refractivity contribution in [2.75, 3.05) is 6.54 Å². The molecule has 1 N–H and O–H groups in total. The van der Waals surface area contributed by atoms with E-state index in [9.17, 15) is 31.5 Å². The number of amides is 3. The number of nitrogens with zero attached hydrogens (tertiary/aromatic N) is 1. The molecule has 1 aromatic carbocycles. The Balaban J connectivity index is 2.30. The van der Waals surface area contributed by atoms with Crippen LogP contribution in [0, 0.1) is 5.82 Å². The first-order valence-corrected chi connectivity index (χ1v) is 6.14. The van der Waals surface area contributed by atoms with Crippen LogP contribution in [0.1, 0.15) is 12.5 Å². The van der Waals surface area contributed by atoms with Crippen molar-refractivity contribution >= 4 is 11.9 Å². The van der Waals surface area contributed by atoms with Gasteiger partial charge in [0.2, 0.25) is 0 Å². The van der Waals surface area contributed by atoms with E-state index in [2.05, 4.69) is 5.32 Å². The highest BCUT2D eigenvalue weighted by Crippen LogP contribution is 2.32. The van der Waals surface area contributed by atoms with Crippen LogP contribution in [-0.4, -0.2) is 35.7 Å². The van der Waals surface area contributed by atoms with Gasteiger partial charge in [-0.3, -0.25) is 9.69 Å². The molecule has 0 aromatic heterocycles. The molecule has 1 atom stereocenters. The Bertz CT molecular complexity index is 605. The van der Waals surface area contributed by atoms with Crippen molar-refractivity contribution in [2.45, 2.75) is 24.8 Å². The zero-order valence-corrected chi connectivity index (χ0v) is 11.2. The number of alkyl halides is 4. The molecule has 1 aromatic rings. The third-order valence-electron chi connectivity index (χ3n) is 3.38. The van der Waals surface area contributed by atoms with Crippen molar-refractivity contribution in [3.8, 4) is 0 Å². The normalized spacial score (nSPS) is 22.4. The molecule has 0 radical (unpaired) electrons. The molecule has 4 nitrogen and oxygen atoms in total. The van der Waals surface area contributed by atoms with Crippen molar-refractivity contribution in [1.29, 1.82) is 0 Å². The number of imide groups is 1. The lowest BCUT2D eigenvalue weighted by Gasteiger charge is -2.24. The molecule has 1 aliphatic heterocycles. The lowest BCUT2D eigenvalue weighted by Crippen LogP contribution is -2.46. The van der Waals surface area contributed by atoms with E-state index in [1.807, 2.05) is 0 Å². The Kier molecular flexibility index (Phi) is 3.84. The summed E-state index contributed by atoms with van der Waals surface area (Å²) in [6, 6.07) is 3.23. The molecule has 22 heavy (non-hydrogen) atoms. The lowest BCUT2D eigenvalue weighted by molar-refractivity contribution is -0.151. The summed E-state index contributed by atoms with van der Waals surface area (Å²) in [5, 5.41) is 2.16. The van der Waals surface area contributed by atoms with E-state index in [0.29, 0.717) is 0 Å². The number of rotatable bonds is 4. The van der Waals surface area contributed by atoms with E-state index in [4.69, 9.17) is 0 Å². The van der Waals surface area contributed by atoms with Gasteiger partial charge in [0.1, 0.15) is 17.9 Å². The monoisotopic (exact) mass is 322 g/mol. The predicted octanol–water partition coefficient (Wildman–Crippen LogP) is 2.49. The highest BCUT2D eigenvalue weighted by atomic mass is 19.3. The summed E-state index contributed by atoms with van der Waals surface area (Å²) < 4.78 is 63.5. The van der Waals surface area contributed by atoms with Crippen molar-refractivity contribution in [1.82, 2.24) is 10.2 Å². The second-order valence-electron chi connectivity index (χ2n) is 5.02. The third kappa shape index (κ3) is 2.62. The van der Waals surface area contributed by atoms with E-state index in [1.165, 1.54) is 19.1 Å². The lowest BCUT2D eigenvalue weighted by atomic mass is 9.92. The topological polar surface area (TPSA) is 49.4 Å². The molecule has 1 saturated heterocycles. The SMILES string of the molecule is C[C@@]1(c2ccc(F)cc2)NC(=O)N(CC(F)(F)C(F)F)C1=O. The zero-order valence-electron chi connectivity index (χ0n) is 11.2. The highest BCUT2D eigenvalue weighted by Gasteiger charge is 2.54. The highest BCUT2D eigenvalue weighted by molar-refractivity contribution is 6.07. The quantitative estimate of drug-likeness (QED) is 0.684. The Morgan fingerprint density at radius 3 is 2.27 bits per heavy atom. The fourth-order valence-electron chi connectivity index (χ4n) is 2.10. The molecule has 0 bridgehead atoms. The molecular formula is C13H11F5N2O2. The van der Waals surface area contributed by atoms with E-state index >= 15 is 0 Å². The number of urea groups is 1. The Morgan fingerprint density at radius 1 is 1.23 bits per heavy atom. The maximum Gasteiger partial charge on any atom is 0.325 e. The maximum atomic E-state index is 13.1. The Hall–Kier alpha value is -2.19. The second kappa shape index (κ2) is 5.22. The molecule has 1 heterocycles. The van der Waals surface area contributed by atoms with Gasteiger partial charge >= 0.3 is 18.4 Å². The molecule has 120 valence electrons. The first-order valence-electron chi connectivity index (χ1n) is 6.14. The molecule has 9 heteroatoms. The van der Waals surface area contributed by atoms with Crippen LogP contribution in [-0.2, 0) is 10.3 Å². The minimum absolute atomic E-state index is 0.0372. The fraction of sp³-hybridized carbons (Fsp3) is 0.385. The van der Waals surface area contributed by atoms with Gasteiger partial charge in [0.15, 0.2) is 0 Å². The number of hydrogen-bond acceptors (Lipinski definition) is 2. The van der Waals surface area contributed by atoms with Gasteiger partial charge in [-0.25, -0.2) is 18.0 Å². The van der Waals surface area contributed by atoms with Gasteiger partial charge < -0.3 is 5.32 Å². The van der Waals surface area contributed by atoms with Crippen LogP contribution in [0.3, 0.4) is 0 Å². The first-order chi connectivity index (χ1) is 10.1. The predicted molar refractivity (Wildman–Crippen MR) is 64.9 cm³/mol. The number of carbonyl (C=O) groups is 2. The van der Waals surface area contributed by atoms with Crippen molar-refractivity contribution in [3.63, 3.8) is 0 Å². The number of carbonyl (C=O) groups excluding carboxylic acids is 2. The Labute approximate surface area is 121 Å². The molecule has 2 rings (SSSR count). The summed E-state index contributed by atoms with van der Waals surface area (Å²) in [7, 11) is 0. The summed E-state index contributed by atoms with van der Waals surface area (Å²) in [5.41, 5.74) is -1.57. The van der Waals surface area contributed by atoms with Crippen LogP contribution in [0.15, 0.2) is 24.3 Å². The summed E-state index contributed by atoms with van der Waals surface area (Å²) in [4.78, 5) is 23.9. The molecule has 1 fully saturated rings. The van der Waals surface area contributed by atoms with Crippen molar-refractivity contribution in [3.05, 3.63) is 35.6 Å². The average Bonchev–Trinajstić information content (AvgIpc) is 2.63. The van der Waals surface area contributed by atoms with Gasteiger partial charge in [0, 0.05) is 0 Å². The van der Waals surface area contributed by atoms with Crippen molar-refractivity contribution in [2.24, 2.45) is 0 Å². The molecule has 0 unspecified atom stereocenters. The summed E-state index contributed by atoms with van der Waals surface area (Å²) in [6.07, 6.45) is -4.01. The van der Waals surface area contributed by atoms with Gasteiger partial charge in [0.25, 0.3) is 5.91 Å². The minimum atomic E-state index is -4.51. The maximum absolute atomic E-state index is 13.1. The first kappa shape index (κ1) is 16.2. The minimum Gasteiger partial charge on any atom is -0.319 e. The van der Waals surface area contributed by atoms with Crippen LogP contribution in [0.5, 0.6) is 0 Å². The molecular weight excluding hydrogens is 311 g/mol. The molecule has 0 saturated carbocycles. The van der Waals surface area contributed by atoms with Crippen molar-refractivity contribution < 1.29 is 31.5 Å². The number of hydrogen-bond donors (Lipinski definition) is 1. The van der Waals surface area contributed by atoms with E-state index in [-0.39, 0.29) is 10.5 Å². The molecule has 1 aliphatic rings. The summed E-state index contributed by atoms with van der Waals surface area (Å²) in [6.45, 7) is -0.507. The molecule has 3 amide bonds. The smallest absolute Gasteiger partial charge is 0.319 e. The van der Waals surface area contributed by atoms with Crippen LogP contribution in [0.4, 0.5) is 26.7 Å². The Morgan fingerprint density at radius 2 is 1.77 bits per heavy atom. The van der Waals surface area contributed by atoms with E-state index < -0.39 is 42.2 Å². The number of nitrogens with one attached hydrogen (secondary N) is 1. The second-order valence-corrected chi connectivity index (χ2v) is 5.02.